The maximum atomic E-state index is 10.6. The zero-order valence-electron chi connectivity index (χ0n) is 10.0. The normalized spacial score (nSPS) is 10.6. The van der Waals surface area contributed by atoms with Gasteiger partial charge in [-0.2, -0.15) is 0 Å². The Balaban J connectivity index is 2.46. The van der Waals surface area contributed by atoms with Crippen LogP contribution in [0.25, 0.3) is 11.3 Å². The molecule has 0 saturated heterocycles. The van der Waals surface area contributed by atoms with E-state index in [1.807, 2.05) is 0 Å². The van der Waals surface area contributed by atoms with Gasteiger partial charge >= 0.3 is 5.97 Å². The number of nitrogens with two attached hydrogens (primary N) is 1. The summed E-state index contributed by atoms with van der Waals surface area (Å²) in [6.45, 7) is 0. The van der Waals surface area contributed by atoms with Crippen molar-refractivity contribution in [1.82, 2.24) is 4.98 Å². The lowest BCUT2D eigenvalue weighted by Gasteiger charge is -2.09. The van der Waals surface area contributed by atoms with Crippen LogP contribution in [0.2, 0.25) is 15.1 Å². The van der Waals surface area contributed by atoms with Gasteiger partial charge in [0.05, 0.1) is 32.9 Å². The summed E-state index contributed by atoms with van der Waals surface area (Å²) in [5.74, 6) is -0.948. The highest BCUT2D eigenvalue weighted by Gasteiger charge is 2.12. The Labute approximate surface area is 130 Å². The van der Waals surface area contributed by atoms with E-state index in [0.29, 0.717) is 32.6 Å². The third kappa shape index (κ3) is 3.15. The number of aliphatic carboxylic acids is 1. The Hall–Kier alpha value is -1.49. The first kappa shape index (κ1) is 14.9. The number of hydrogen-bond donors (Lipinski definition) is 2. The van der Waals surface area contributed by atoms with E-state index in [0.717, 1.165) is 0 Å². The zero-order valence-corrected chi connectivity index (χ0v) is 12.3. The van der Waals surface area contributed by atoms with Crippen LogP contribution in [-0.4, -0.2) is 16.1 Å². The first-order chi connectivity index (χ1) is 9.38. The minimum absolute atomic E-state index is 0.139. The Bertz CT molecular complexity index is 666. The summed E-state index contributed by atoms with van der Waals surface area (Å²) in [4.78, 5) is 14.8. The fourth-order valence-corrected chi connectivity index (χ4v) is 2.33. The largest absolute Gasteiger partial charge is 0.481 e. The second kappa shape index (κ2) is 5.87. The molecule has 0 aliphatic rings. The molecule has 1 aromatic heterocycles. The van der Waals surface area contributed by atoms with Crippen LogP contribution in [0.4, 0.5) is 5.69 Å². The second-order valence-electron chi connectivity index (χ2n) is 4.11. The molecule has 0 amide bonds. The van der Waals surface area contributed by atoms with Crippen LogP contribution in [0.5, 0.6) is 0 Å². The van der Waals surface area contributed by atoms with Crippen molar-refractivity contribution in [3.63, 3.8) is 0 Å². The molecule has 3 N–H and O–H groups in total. The van der Waals surface area contributed by atoms with Crippen LogP contribution in [0.3, 0.4) is 0 Å². The molecule has 2 rings (SSSR count). The van der Waals surface area contributed by atoms with Crippen molar-refractivity contribution in [2.24, 2.45) is 0 Å². The van der Waals surface area contributed by atoms with E-state index in [4.69, 9.17) is 45.6 Å². The number of pyridine rings is 1. The van der Waals surface area contributed by atoms with E-state index < -0.39 is 5.97 Å². The summed E-state index contributed by atoms with van der Waals surface area (Å²) >= 11 is 17.8. The van der Waals surface area contributed by atoms with E-state index in [9.17, 15) is 4.79 Å². The highest BCUT2D eigenvalue weighted by molar-refractivity contribution is 6.48. The summed E-state index contributed by atoms with van der Waals surface area (Å²) in [6, 6.07) is 4.77. The van der Waals surface area contributed by atoms with Crippen LogP contribution in [-0.2, 0) is 11.2 Å². The predicted octanol–water partition coefficient (Wildman–Crippen LogP) is 3.92. The average molecular weight is 332 g/mol. The maximum Gasteiger partial charge on any atom is 0.307 e. The van der Waals surface area contributed by atoms with Crippen LogP contribution in [0.15, 0.2) is 24.4 Å². The molecule has 0 bridgehead atoms. The van der Waals surface area contributed by atoms with Crippen LogP contribution in [0, 0.1) is 0 Å². The molecule has 1 aromatic carbocycles. The van der Waals surface area contributed by atoms with Gasteiger partial charge in [0, 0.05) is 11.8 Å². The van der Waals surface area contributed by atoms with Crippen LogP contribution < -0.4 is 5.73 Å². The molecule has 0 atom stereocenters. The first-order valence-corrected chi connectivity index (χ1v) is 6.63. The number of anilines is 1. The Kier molecular flexibility index (Phi) is 4.38. The number of nitrogen functional groups attached to an aromatic ring is 1. The fraction of sp³-hybridized carbons (Fsp3) is 0.0769. The van der Waals surface area contributed by atoms with Crippen LogP contribution >= 0.6 is 34.8 Å². The van der Waals surface area contributed by atoms with E-state index in [1.54, 1.807) is 18.2 Å². The zero-order chi connectivity index (χ0) is 14.9. The van der Waals surface area contributed by atoms with Gasteiger partial charge in [0.2, 0.25) is 0 Å². The van der Waals surface area contributed by atoms with Crippen molar-refractivity contribution in [3.8, 4) is 11.3 Å². The van der Waals surface area contributed by atoms with Crippen molar-refractivity contribution in [2.75, 3.05) is 5.73 Å². The van der Waals surface area contributed by atoms with Crippen LogP contribution in [0.1, 0.15) is 5.56 Å². The van der Waals surface area contributed by atoms with Gasteiger partial charge in [0.15, 0.2) is 0 Å². The molecule has 0 aliphatic heterocycles. The number of carbonyl (C=O) groups is 1. The molecule has 2 aromatic rings. The van der Waals surface area contributed by atoms with Crippen molar-refractivity contribution in [2.45, 2.75) is 6.42 Å². The molecule has 4 nitrogen and oxygen atoms in total. The molecular weight excluding hydrogens is 323 g/mol. The summed E-state index contributed by atoms with van der Waals surface area (Å²) in [6.07, 6.45) is 1.32. The number of benzene rings is 1. The lowest BCUT2D eigenvalue weighted by Crippen LogP contribution is -2.03. The van der Waals surface area contributed by atoms with E-state index >= 15 is 0 Å². The molecule has 7 heteroatoms. The number of carboxylic acids is 1. The topological polar surface area (TPSA) is 76.2 Å². The molecular formula is C13H9Cl3N2O2. The molecule has 0 saturated carbocycles. The van der Waals surface area contributed by atoms with Gasteiger partial charge in [-0.3, -0.25) is 9.78 Å². The molecule has 0 fully saturated rings. The molecule has 1 heterocycles. The number of hydrogen-bond acceptors (Lipinski definition) is 3. The third-order valence-electron chi connectivity index (χ3n) is 2.59. The Morgan fingerprint density at radius 1 is 1.20 bits per heavy atom. The quantitative estimate of drug-likeness (QED) is 0.836. The first-order valence-electron chi connectivity index (χ1n) is 5.49. The Morgan fingerprint density at radius 3 is 2.30 bits per heavy atom. The van der Waals surface area contributed by atoms with Gasteiger partial charge in [-0.1, -0.05) is 34.8 Å². The monoisotopic (exact) mass is 330 g/mol. The molecule has 0 unspecified atom stereocenters. The Morgan fingerprint density at radius 2 is 1.80 bits per heavy atom. The van der Waals surface area contributed by atoms with E-state index in [2.05, 4.69) is 4.98 Å². The summed E-state index contributed by atoms with van der Waals surface area (Å²) in [5.41, 5.74) is 7.84. The van der Waals surface area contributed by atoms with Gasteiger partial charge in [-0.05, 0) is 23.8 Å². The standard InChI is InChI=1S/C13H9Cl3N2O2/c14-8-3-7(4-9(15)12(8)16)13-10(17)1-6(5-18-13)2-11(19)20/h1,3-5H,2,17H2,(H,19,20). The summed E-state index contributed by atoms with van der Waals surface area (Å²) in [7, 11) is 0. The molecule has 0 spiro atoms. The minimum atomic E-state index is -0.948. The predicted molar refractivity (Wildman–Crippen MR) is 80.5 cm³/mol. The van der Waals surface area contributed by atoms with Crippen molar-refractivity contribution in [3.05, 3.63) is 45.0 Å². The smallest absolute Gasteiger partial charge is 0.307 e. The third-order valence-corrected chi connectivity index (χ3v) is 3.78. The van der Waals surface area contributed by atoms with Gasteiger partial charge < -0.3 is 10.8 Å². The lowest BCUT2D eigenvalue weighted by molar-refractivity contribution is -0.136. The molecule has 0 aliphatic carbocycles. The number of halogens is 3. The van der Waals surface area contributed by atoms with Gasteiger partial charge in [0.1, 0.15) is 0 Å². The fourth-order valence-electron chi connectivity index (χ4n) is 1.73. The average Bonchev–Trinajstić information content (AvgIpc) is 2.34. The second-order valence-corrected chi connectivity index (χ2v) is 5.30. The van der Waals surface area contributed by atoms with Crippen molar-refractivity contribution >= 4 is 46.5 Å². The highest BCUT2D eigenvalue weighted by atomic mass is 35.5. The number of carboxylic acid groups (broad SMARTS) is 1. The molecule has 104 valence electrons. The maximum absolute atomic E-state index is 10.6. The van der Waals surface area contributed by atoms with Crippen molar-refractivity contribution in [1.29, 1.82) is 0 Å². The number of rotatable bonds is 3. The molecule has 0 radical (unpaired) electrons. The summed E-state index contributed by atoms with van der Waals surface area (Å²) in [5, 5.41) is 9.58. The van der Waals surface area contributed by atoms with Crippen molar-refractivity contribution < 1.29 is 9.90 Å². The minimum Gasteiger partial charge on any atom is -0.481 e. The summed E-state index contributed by atoms with van der Waals surface area (Å²) < 4.78 is 0. The number of aromatic nitrogens is 1. The van der Waals surface area contributed by atoms with Gasteiger partial charge in [-0.15, -0.1) is 0 Å². The SMILES string of the molecule is Nc1cc(CC(=O)O)cnc1-c1cc(Cl)c(Cl)c(Cl)c1. The molecule has 20 heavy (non-hydrogen) atoms. The van der Waals surface area contributed by atoms with E-state index in [1.165, 1.54) is 6.20 Å². The van der Waals surface area contributed by atoms with Gasteiger partial charge in [0.25, 0.3) is 0 Å². The highest BCUT2D eigenvalue weighted by Crippen LogP contribution is 2.36. The van der Waals surface area contributed by atoms with Gasteiger partial charge in [-0.25, -0.2) is 0 Å². The number of nitrogens with zero attached hydrogens (tertiary/aromatic N) is 1. The lowest BCUT2D eigenvalue weighted by atomic mass is 10.1. The van der Waals surface area contributed by atoms with E-state index in [-0.39, 0.29) is 11.4 Å².